The highest BCUT2D eigenvalue weighted by atomic mass is 16.5. The highest BCUT2D eigenvalue weighted by Gasteiger charge is 2.24. The van der Waals surface area contributed by atoms with Gasteiger partial charge in [-0.05, 0) is 50.9 Å². The van der Waals surface area contributed by atoms with E-state index in [4.69, 9.17) is 9.62 Å². The average Bonchev–Trinajstić information content (AvgIpc) is 3.31. The Bertz CT molecular complexity index is 887. The van der Waals surface area contributed by atoms with Crippen LogP contribution in [0.1, 0.15) is 69.7 Å². The third kappa shape index (κ3) is 3.65. The highest BCUT2D eigenvalue weighted by molar-refractivity contribution is 5.83. The van der Waals surface area contributed by atoms with Crippen LogP contribution >= 0.6 is 0 Å². The van der Waals surface area contributed by atoms with Crippen LogP contribution in [-0.2, 0) is 0 Å². The summed E-state index contributed by atoms with van der Waals surface area (Å²) >= 11 is 0. The smallest absolute Gasteiger partial charge is 0.252 e. The van der Waals surface area contributed by atoms with E-state index in [-0.39, 0.29) is 0 Å². The fourth-order valence-electron chi connectivity index (χ4n) is 4.09. The van der Waals surface area contributed by atoms with Gasteiger partial charge in [0, 0.05) is 17.4 Å². The Balaban J connectivity index is 1.55. The highest BCUT2D eigenvalue weighted by Crippen LogP contribution is 2.31. The predicted molar refractivity (Wildman–Crippen MR) is 109 cm³/mol. The second-order valence-electron chi connectivity index (χ2n) is 8.03. The summed E-state index contributed by atoms with van der Waals surface area (Å²) in [6.07, 6.45) is 4.88. The minimum Gasteiger partial charge on any atom is -0.336 e. The fourth-order valence-corrected chi connectivity index (χ4v) is 4.09. The SMILES string of the molecule is CCCCN1CCC(c2cc(-n3nc(C(C)C)c4ccccc43)on2)CC1. The van der Waals surface area contributed by atoms with Gasteiger partial charge in [0.15, 0.2) is 0 Å². The van der Waals surface area contributed by atoms with Gasteiger partial charge in [-0.15, -0.1) is 0 Å². The third-order valence-electron chi connectivity index (χ3n) is 5.72. The van der Waals surface area contributed by atoms with Crippen LogP contribution in [-0.4, -0.2) is 39.5 Å². The fraction of sp³-hybridized carbons (Fsp3) is 0.545. The molecule has 1 fully saturated rings. The minimum absolute atomic E-state index is 0.367. The van der Waals surface area contributed by atoms with Crippen molar-refractivity contribution in [2.75, 3.05) is 19.6 Å². The van der Waals surface area contributed by atoms with Crippen molar-refractivity contribution in [3.05, 3.63) is 41.7 Å². The molecule has 0 bridgehead atoms. The molecule has 144 valence electrons. The van der Waals surface area contributed by atoms with E-state index in [1.807, 2.05) is 10.7 Å². The number of para-hydroxylation sites is 1. The normalized spacial score (nSPS) is 16.6. The molecule has 4 rings (SSSR count). The maximum atomic E-state index is 5.73. The second-order valence-corrected chi connectivity index (χ2v) is 8.03. The van der Waals surface area contributed by atoms with Gasteiger partial charge in [-0.2, -0.15) is 9.78 Å². The molecule has 2 aromatic heterocycles. The van der Waals surface area contributed by atoms with Crippen molar-refractivity contribution in [3.8, 4) is 5.88 Å². The number of piperidine rings is 1. The molecule has 0 saturated carbocycles. The summed E-state index contributed by atoms with van der Waals surface area (Å²) in [6, 6.07) is 10.4. The Morgan fingerprint density at radius 3 is 2.70 bits per heavy atom. The molecule has 0 N–H and O–H groups in total. The predicted octanol–water partition coefficient (Wildman–Crippen LogP) is 5.12. The van der Waals surface area contributed by atoms with Gasteiger partial charge in [0.1, 0.15) is 0 Å². The second kappa shape index (κ2) is 7.85. The number of nitrogens with zero attached hydrogens (tertiary/aromatic N) is 4. The molecular formula is C22H30N4O. The van der Waals surface area contributed by atoms with Crippen LogP contribution in [0.2, 0.25) is 0 Å². The van der Waals surface area contributed by atoms with Crippen LogP contribution < -0.4 is 0 Å². The number of hydrogen-bond acceptors (Lipinski definition) is 4. The number of unbranched alkanes of at least 4 members (excludes halogenated alkanes) is 1. The summed E-state index contributed by atoms with van der Waals surface area (Å²) in [4.78, 5) is 2.58. The van der Waals surface area contributed by atoms with Crippen molar-refractivity contribution in [2.45, 2.75) is 58.3 Å². The monoisotopic (exact) mass is 366 g/mol. The van der Waals surface area contributed by atoms with E-state index in [0.717, 1.165) is 48.7 Å². The largest absolute Gasteiger partial charge is 0.336 e. The summed E-state index contributed by atoms with van der Waals surface area (Å²) in [7, 11) is 0. The molecule has 27 heavy (non-hydrogen) atoms. The molecule has 3 heterocycles. The van der Waals surface area contributed by atoms with E-state index in [2.05, 4.69) is 55.1 Å². The summed E-state index contributed by atoms with van der Waals surface area (Å²) in [5.41, 5.74) is 3.26. The van der Waals surface area contributed by atoms with Gasteiger partial charge >= 0.3 is 0 Å². The Labute approximate surface area is 161 Å². The Kier molecular flexibility index (Phi) is 5.30. The lowest BCUT2D eigenvalue weighted by molar-refractivity contribution is 0.206. The van der Waals surface area contributed by atoms with Crippen LogP contribution in [0.3, 0.4) is 0 Å². The van der Waals surface area contributed by atoms with Gasteiger partial charge < -0.3 is 9.42 Å². The first-order valence-corrected chi connectivity index (χ1v) is 10.3. The number of likely N-dealkylation sites (tertiary alicyclic amines) is 1. The molecule has 0 amide bonds. The molecule has 5 nitrogen and oxygen atoms in total. The van der Waals surface area contributed by atoms with Gasteiger partial charge in [-0.1, -0.05) is 50.5 Å². The van der Waals surface area contributed by atoms with Crippen molar-refractivity contribution < 1.29 is 4.52 Å². The molecule has 5 heteroatoms. The molecule has 0 spiro atoms. The topological polar surface area (TPSA) is 47.1 Å². The number of rotatable bonds is 6. The number of hydrogen-bond donors (Lipinski definition) is 0. The molecule has 0 radical (unpaired) electrons. The van der Waals surface area contributed by atoms with Crippen LogP contribution in [0.4, 0.5) is 0 Å². The van der Waals surface area contributed by atoms with Crippen molar-refractivity contribution in [1.29, 1.82) is 0 Å². The van der Waals surface area contributed by atoms with Crippen molar-refractivity contribution >= 4 is 10.9 Å². The van der Waals surface area contributed by atoms with E-state index in [0.29, 0.717) is 11.8 Å². The molecule has 0 unspecified atom stereocenters. The molecule has 0 aliphatic carbocycles. The number of fused-ring (bicyclic) bond motifs is 1. The summed E-state index contributed by atoms with van der Waals surface area (Å²) < 4.78 is 7.65. The van der Waals surface area contributed by atoms with Gasteiger partial charge in [0.05, 0.1) is 16.9 Å². The standard InChI is InChI=1S/C22H30N4O/c1-4-5-12-25-13-10-17(11-14-25)19-15-21(27-24-19)26-20-9-7-6-8-18(20)22(23-26)16(2)3/h6-9,15-17H,4-5,10-14H2,1-3H3. The molecular weight excluding hydrogens is 336 g/mol. The number of aromatic nitrogens is 3. The molecule has 3 aromatic rings. The van der Waals surface area contributed by atoms with E-state index in [1.165, 1.54) is 24.8 Å². The maximum Gasteiger partial charge on any atom is 0.252 e. The van der Waals surface area contributed by atoms with Gasteiger partial charge in [-0.25, -0.2) is 0 Å². The van der Waals surface area contributed by atoms with E-state index < -0.39 is 0 Å². The van der Waals surface area contributed by atoms with Crippen LogP contribution in [0.5, 0.6) is 0 Å². The Hall–Kier alpha value is -2.14. The van der Waals surface area contributed by atoms with Crippen LogP contribution in [0, 0.1) is 0 Å². The maximum absolute atomic E-state index is 5.73. The van der Waals surface area contributed by atoms with Gasteiger partial charge in [-0.3, -0.25) is 0 Å². The van der Waals surface area contributed by atoms with E-state index in [1.54, 1.807) is 0 Å². The van der Waals surface area contributed by atoms with E-state index in [9.17, 15) is 0 Å². The van der Waals surface area contributed by atoms with Crippen molar-refractivity contribution in [2.24, 2.45) is 0 Å². The first kappa shape index (κ1) is 18.2. The molecule has 1 saturated heterocycles. The van der Waals surface area contributed by atoms with Crippen LogP contribution in [0.25, 0.3) is 16.8 Å². The zero-order valence-corrected chi connectivity index (χ0v) is 16.7. The average molecular weight is 367 g/mol. The zero-order valence-electron chi connectivity index (χ0n) is 16.7. The molecule has 1 aliphatic heterocycles. The van der Waals surface area contributed by atoms with Crippen molar-refractivity contribution in [1.82, 2.24) is 19.8 Å². The van der Waals surface area contributed by atoms with Crippen molar-refractivity contribution in [3.63, 3.8) is 0 Å². The number of benzene rings is 1. The third-order valence-corrected chi connectivity index (χ3v) is 5.72. The summed E-state index contributed by atoms with van der Waals surface area (Å²) in [5.74, 6) is 1.58. The molecule has 1 aliphatic rings. The Morgan fingerprint density at radius 2 is 1.96 bits per heavy atom. The lowest BCUT2D eigenvalue weighted by atomic mass is 9.93. The van der Waals surface area contributed by atoms with E-state index >= 15 is 0 Å². The van der Waals surface area contributed by atoms with Crippen LogP contribution in [0.15, 0.2) is 34.9 Å². The minimum atomic E-state index is 0.367. The van der Waals surface area contributed by atoms with Gasteiger partial charge in [0.2, 0.25) is 0 Å². The zero-order chi connectivity index (χ0) is 18.8. The first-order chi connectivity index (χ1) is 13.2. The molecule has 0 atom stereocenters. The summed E-state index contributed by atoms with van der Waals surface area (Å²) in [6.45, 7) is 10.2. The Morgan fingerprint density at radius 1 is 1.19 bits per heavy atom. The lowest BCUT2D eigenvalue weighted by Crippen LogP contribution is -2.33. The summed E-state index contributed by atoms with van der Waals surface area (Å²) in [5, 5.41) is 10.4. The molecule has 1 aromatic carbocycles. The quantitative estimate of drug-likeness (QED) is 0.608. The lowest BCUT2D eigenvalue weighted by Gasteiger charge is -2.30. The first-order valence-electron chi connectivity index (χ1n) is 10.3. The van der Waals surface area contributed by atoms with Gasteiger partial charge in [0.25, 0.3) is 5.88 Å².